The lowest BCUT2D eigenvalue weighted by Gasteiger charge is -2.07. The first-order chi connectivity index (χ1) is 9.28. The summed E-state index contributed by atoms with van der Waals surface area (Å²) in [4.78, 5) is 1.45. The minimum Gasteiger partial charge on any atom is -0.506 e. The Bertz CT molecular complexity index is 687. The van der Waals surface area contributed by atoms with Crippen LogP contribution in [0.3, 0.4) is 0 Å². The Balaban J connectivity index is 2.05. The van der Waals surface area contributed by atoms with Gasteiger partial charge in [0.05, 0.1) is 0 Å². The first-order valence-corrected chi connectivity index (χ1v) is 6.17. The van der Waals surface area contributed by atoms with Crippen molar-refractivity contribution in [3.05, 3.63) is 42.5 Å². The maximum Gasteiger partial charge on any atom is 0.145 e. The lowest BCUT2D eigenvalue weighted by molar-refractivity contribution is 0.468. The summed E-state index contributed by atoms with van der Waals surface area (Å²) in [6.45, 7) is 2.81. The van der Waals surface area contributed by atoms with Crippen molar-refractivity contribution >= 4 is 16.7 Å². The topological polar surface area (TPSA) is 63.0 Å². The summed E-state index contributed by atoms with van der Waals surface area (Å²) in [6, 6.07) is 13.0. The third-order valence-electron chi connectivity index (χ3n) is 2.86. The van der Waals surface area contributed by atoms with Crippen LogP contribution in [0.15, 0.2) is 42.5 Å². The van der Waals surface area contributed by atoms with Gasteiger partial charge in [0, 0.05) is 18.3 Å². The zero-order valence-electron chi connectivity index (χ0n) is 10.5. The molecule has 0 aliphatic rings. The molecule has 0 atom stereocenters. The highest BCUT2D eigenvalue weighted by molar-refractivity contribution is 5.73. The van der Waals surface area contributed by atoms with E-state index in [1.54, 1.807) is 12.1 Å². The third kappa shape index (κ3) is 2.10. The molecule has 19 heavy (non-hydrogen) atoms. The van der Waals surface area contributed by atoms with E-state index in [1.165, 1.54) is 4.80 Å². The SMILES string of the molecule is CCNc1ccc(-n2nc3ccccc3n2)c(O)c1. The second-order valence-corrected chi connectivity index (χ2v) is 4.21. The normalized spacial score (nSPS) is 10.8. The Hall–Kier alpha value is -2.56. The average Bonchev–Trinajstić information content (AvgIpc) is 2.82. The molecule has 1 heterocycles. The summed E-state index contributed by atoms with van der Waals surface area (Å²) >= 11 is 0. The number of fused-ring (bicyclic) bond motifs is 1. The number of anilines is 1. The smallest absolute Gasteiger partial charge is 0.145 e. The number of phenolic OH excluding ortho intramolecular Hbond substituents is 1. The van der Waals surface area contributed by atoms with Gasteiger partial charge in [-0.1, -0.05) is 12.1 Å². The molecule has 5 heteroatoms. The van der Waals surface area contributed by atoms with Crippen LogP contribution >= 0.6 is 0 Å². The monoisotopic (exact) mass is 254 g/mol. The van der Waals surface area contributed by atoms with E-state index in [-0.39, 0.29) is 5.75 Å². The van der Waals surface area contributed by atoms with E-state index in [9.17, 15) is 5.11 Å². The first-order valence-electron chi connectivity index (χ1n) is 6.17. The van der Waals surface area contributed by atoms with Crippen LogP contribution in [0.2, 0.25) is 0 Å². The van der Waals surface area contributed by atoms with E-state index in [0.29, 0.717) is 5.69 Å². The summed E-state index contributed by atoms with van der Waals surface area (Å²) < 4.78 is 0. The van der Waals surface area contributed by atoms with Gasteiger partial charge in [0.15, 0.2) is 0 Å². The molecule has 5 nitrogen and oxygen atoms in total. The van der Waals surface area contributed by atoms with Crippen molar-refractivity contribution in [1.29, 1.82) is 0 Å². The summed E-state index contributed by atoms with van der Waals surface area (Å²) in [7, 11) is 0. The summed E-state index contributed by atoms with van der Waals surface area (Å²) in [5.41, 5.74) is 3.05. The molecular weight excluding hydrogens is 240 g/mol. The molecular formula is C14H14N4O. The second kappa shape index (κ2) is 4.61. The van der Waals surface area contributed by atoms with Gasteiger partial charge in [-0.15, -0.1) is 15.0 Å². The number of hydrogen-bond donors (Lipinski definition) is 2. The standard InChI is InChI=1S/C14H14N4O/c1-2-15-10-7-8-13(14(19)9-10)18-16-11-5-3-4-6-12(11)17-18/h3-9,15,19H,2H2,1H3. The molecule has 0 amide bonds. The first kappa shape index (κ1) is 11.5. The van der Waals surface area contributed by atoms with E-state index in [1.807, 2.05) is 37.3 Å². The summed E-state index contributed by atoms with van der Waals surface area (Å²) in [6.07, 6.45) is 0. The molecule has 96 valence electrons. The van der Waals surface area contributed by atoms with Crippen LogP contribution in [-0.2, 0) is 0 Å². The number of hydrogen-bond acceptors (Lipinski definition) is 4. The fourth-order valence-electron chi connectivity index (χ4n) is 1.97. The molecule has 2 N–H and O–H groups in total. The highest BCUT2D eigenvalue weighted by Gasteiger charge is 2.08. The number of rotatable bonds is 3. The number of phenols is 1. The third-order valence-corrected chi connectivity index (χ3v) is 2.86. The molecule has 0 aliphatic carbocycles. The molecule has 3 aromatic rings. The van der Waals surface area contributed by atoms with Crippen molar-refractivity contribution in [3.8, 4) is 11.4 Å². The molecule has 1 aromatic heterocycles. The summed E-state index contributed by atoms with van der Waals surface area (Å²) in [5, 5.41) is 21.9. The fourth-order valence-corrected chi connectivity index (χ4v) is 1.97. The van der Waals surface area contributed by atoms with Crippen molar-refractivity contribution in [1.82, 2.24) is 15.0 Å². The zero-order chi connectivity index (χ0) is 13.2. The van der Waals surface area contributed by atoms with Crippen molar-refractivity contribution in [2.24, 2.45) is 0 Å². The molecule has 0 spiro atoms. The molecule has 0 saturated heterocycles. The molecule has 0 radical (unpaired) electrons. The average molecular weight is 254 g/mol. The van der Waals surface area contributed by atoms with Crippen LogP contribution in [0.4, 0.5) is 5.69 Å². The van der Waals surface area contributed by atoms with Crippen LogP contribution in [0.5, 0.6) is 5.75 Å². The van der Waals surface area contributed by atoms with Crippen LogP contribution < -0.4 is 5.32 Å². The lowest BCUT2D eigenvalue weighted by Crippen LogP contribution is -2.01. The number of aromatic nitrogens is 3. The Morgan fingerprint density at radius 3 is 2.37 bits per heavy atom. The van der Waals surface area contributed by atoms with Gasteiger partial charge in [0.25, 0.3) is 0 Å². The van der Waals surface area contributed by atoms with Gasteiger partial charge in [-0.3, -0.25) is 0 Å². The van der Waals surface area contributed by atoms with Crippen molar-refractivity contribution in [3.63, 3.8) is 0 Å². The summed E-state index contributed by atoms with van der Waals surface area (Å²) in [5.74, 6) is 0.152. The Kier molecular flexibility index (Phi) is 2.79. The fraction of sp³-hybridized carbons (Fsp3) is 0.143. The van der Waals surface area contributed by atoms with Gasteiger partial charge >= 0.3 is 0 Å². The van der Waals surface area contributed by atoms with Gasteiger partial charge in [-0.05, 0) is 31.2 Å². The Morgan fingerprint density at radius 1 is 1.11 bits per heavy atom. The maximum atomic E-state index is 10.1. The molecule has 3 rings (SSSR count). The number of aromatic hydroxyl groups is 1. The van der Waals surface area contributed by atoms with Gasteiger partial charge in [-0.25, -0.2) is 0 Å². The van der Waals surface area contributed by atoms with Crippen LogP contribution in [-0.4, -0.2) is 26.6 Å². The molecule has 2 aromatic carbocycles. The molecule has 0 saturated carbocycles. The van der Waals surface area contributed by atoms with Gasteiger partial charge in [0.1, 0.15) is 22.5 Å². The number of nitrogens with zero attached hydrogens (tertiary/aromatic N) is 3. The van der Waals surface area contributed by atoms with E-state index in [2.05, 4.69) is 15.5 Å². The predicted octanol–water partition coefficient (Wildman–Crippen LogP) is 2.56. The highest BCUT2D eigenvalue weighted by Crippen LogP contribution is 2.25. The number of benzene rings is 2. The van der Waals surface area contributed by atoms with Crippen molar-refractivity contribution in [2.75, 3.05) is 11.9 Å². The van der Waals surface area contributed by atoms with Crippen LogP contribution in [0.1, 0.15) is 6.92 Å². The van der Waals surface area contributed by atoms with Gasteiger partial charge < -0.3 is 10.4 Å². The second-order valence-electron chi connectivity index (χ2n) is 4.21. The van der Waals surface area contributed by atoms with Gasteiger partial charge in [0.2, 0.25) is 0 Å². The maximum absolute atomic E-state index is 10.1. The minimum absolute atomic E-state index is 0.152. The minimum atomic E-state index is 0.152. The number of nitrogens with one attached hydrogen (secondary N) is 1. The molecule has 0 aliphatic heterocycles. The van der Waals surface area contributed by atoms with Crippen molar-refractivity contribution in [2.45, 2.75) is 6.92 Å². The zero-order valence-corrected chi connectivity index (χ0v) is 10.5. The van der Waals surface area contributed by atoms with E-state index < -0.39 is 0 Å². The quantitative estimate of drug-likeness (QED) is 0.754. The largest absolute Gasteiger partial charge is 0.506 e. The molecule has 0 unspecified atom stereocenters. The highest BCUT2D eigenvalue weighted by atomic mass is 16.3. The Labute approximate surface area is 110 Å². The molecule has 0 bridgehead atoms. The van der Waals surface area contributed by atoms with Gasteiger partial charge in [-0.2, -0.15) is 0 Å². The van der Waals surface area contributed by atoms with Crippen LogP contribution in [0.25, 0.3) is 16.7 Å². The van der Waals surface area contributed by atoms with E-state index in [4.69, 9.17) is 0 Å². The van der Waals surface area contributed by atoms with E-state index >= 15 is 0 Å². The lowest BCUT2D eigenvalue weighted by atomic mass is 10.2. The van der Waals surface area contributed by atoms with E-state index in [0.717, 1.165) is 23.3 Å². The van der Waals surface area contributed by atoms with Crippen LogP contribution in [0, 0.1) is 0 Å². The predicted molar refractivity (Wildman–Crippen MR) is 74.7 cm³/mol. The molecule has 0 fully saturated rings. The Morgan fingerprint density at radius 2 is 1.79 bits per heavy atom. The van der Waals surface area contributed by atoms with Crippen molar-refractivity contribution < 1.29 is 5.11 Å².